The van der Waals surface area contributed by atoms with Crippen molar-refractivity contribution in [3.8, 4) is 10.6 Å². The molecule has 4 rings (SSSR count). The van der Waals surface area contributed by atoms with Crippen LogP contribution in [0.5, 0.6) is 0 Å². The molecule has 2 aromatic heterocycles. The summed E-state index contributed by atoms with van der Waals surface area (Å²) in [6.45, 7) is 2.15. The third-order valence-electron chi connectivity index (χ3n) is 5.16. The van der Waals surface area contributed by atoms with Crippen molar-refractivity contribution >= 4 is 45.3 Å². The van der Waals surface area contributed by atoms with Gasteiger partial charge in [-0.15, -0.1) is 22.7 Å². The minimum Gasteiger partial charge on any atom is -0.389 e. The molecule has 0 aliphatic carbocycles. The first-order valence-corrected chi connectivity index (χ1v) is 11.9. The molecule has 13 heteroatoms. The molecule has 0 bridgehead atoms. The van der Waals surface area contributed by atoms with Crippen LogP contribution >= 0.6 is 22.7 Å². The Hall–Kier alpha value is -3.03. The molecule has 3 N–H and O–H groups in total. The topological polar surface area (TPSA) is 107 Å². The lowest BCUT2D eigenvalue weighted by Gasteiger charge is -2.40. The van der Waals surface area contributed by atoms with E-state index in [9.17, 15) is 27.9 Å². The summed E-state index contributed by atoms with van der Waals surface area (Å²) in [5.74, 6) is -0.737. The van der Waals surface area contributed by atoms with E-state index in [0.717, 1.165) is 12.1 Å². The van der Waals surface area contributed by atoms with Crippen LogP contribution in [0.4, 0.5) is 24.0 Å². The maximum atomic E-state index is 12.7. The number of alkyl halides is 3. The first kappa shape index (κ1) is 24.1. The average Bonchev–Trinajstić information content (AvgIpc) is 3.37. The highest BCUT2D eigenvalue weighted by molar-refractivity contribution is 7.17. The van der Waals surface area contributed by atoms with Gasteiger partial charge in [0.15, 0.2) is 5.13 Å². The Morgan fingerprint density at radius 3 is 2.53 bits per heavy atom. The second-order valence-corrected chi connectivity index (χ2v) is 9.57. The molecule has 1 saturated heterocycles. The maximum Gasteiger partial charge on any atom is 0.416 e. The lowest BCUT2D eigenvalue weighted by atomic mass is 9.98. The van der Waals surface area contributed by atoms with Gasteiger partial charge in [-0.05, 0) is 24.3 Å². The molecule has 0 atom stereocenters. The van der Waals surface area contributed by atoms with E-state index >= 15 is 0 Å². The Kier molecular flexibility index (Phi) is 6.86. The molecule has 8 nitrogen and oxygen atoms in total. The number of thiazole rings is 2. The van der Waals surface area contributed by atoms with Gasteiger partial charge < -0.3 is 20.6 Å². The molecule has 2 amide bonds. The number of aromatic nitrogens is 2. The van der Waals surface area contributed by atoms with Gasteiger partial charge >= 0.3 is 6.18 Å². The van der Waals surface area contributed by atoms with Crippen LogP contribution in [0, 0.1) is 5.92 Å². The molecule has 1 aliphatic heterocycles. The molecule has 0 radical (unpaired) electrons. The van der Waals surface area contributed by atoms with Crippen molar-refractivity contribution in [1.29, 1.82) is 0 Å². The second-order valence-electron chi connectivity index (χ2n) is 7.62. The number of anilines is 2. The van der Waals surface area contributed by atoms with Gasteiger partial charge in [0.05, 0.1) is 40.9 Å². The molecule has 3 heterocycles. The van der Waals surface area contributed by atoms with Crippen molar-refractivity contribution in [3.05, 3.63) is 45.9 Å². The Morgan fingerprint density at radius 2 is 1.91 bits per heavy atom. The van der Waals surface area contributed by atoms with E-state index in [1.807, 2.05) is 4.90 Å². The van der Waals surface area contributed by atoms with Crippen LogP contribution in [0.2, 0.25) is 0 Å². The number of carbonyl (C=O) groups excluding carboxylic acids is 2. The molecule has 1 fully saturated rings. The number of hydrogen-bond donors (Lipinski definition) is 3. The van der Waals surface area contributed by atoms with E-state index in [2.05, 4.69) is 20.6 Å². The quantitative estimate of drug-likeness (QED) is 0.448. The standard InChI is InChI=1S/C21H20F3N5O3S2/c1-11(31)25-6-15-18(34-17(9-30)26-15)16-10-33-20(27-16)28-19(32)12-7-29(8-12)14-4-2-13(3-5-14)21(22,23)24/h2-5,10,12,30H,6-9H2,1H3,(H,25,31)(H,27,28,32). The summed E-state index contributed by atoms with van der Waals surface area (Å²) in [6.07, 6.45) is -4.38. The van der Waals surface area contributed by atoms with Crippen LogP contribution in [0.1, 0.15) is 23.2 Å². The first-order chi connectivity index (χ1) is 16.1. The van der Waals surface area contributed by atoms with Crippen LogP contribution in [0.3, 0.4) is 0 Å². The summed E-state index contributed by atoms with van der Waals surface area (Å²) in [7, 11) is 0. The number of halogens is 3. The number of aliphatic hydroxyl groups excluding tert-OH is 1. The van der Waals surface area contributed by atoms with E-state index in [4.69, 9.17) is 0 Å². The number of rotatable bonds is 7. The Bertz CT molecular complexity index is 1190. The average molecular weight is 512 g/mol. The summed E-state index contributed by atoms with van der Waals surface area (Å²) < 4.78 is 38.1. The summed E-state index contributed by atoms with van der Waals surface area (Å²) in [4.78, 5) is 35.1. The van der Waals surface area contributed by atoms with E-state index in [1.54, 1.807) is 5.38 Å². The highest BCUT2D eigenvalue weighted by atomic mass is 32.1. The lowest BCUT2D eigenvalue weighted by molar-refractivity contribution is -0.137. The van der Waals surface area contributed by atoms with Crippen molar-refractivity contribution in [2.45, 2.75) is 26.3 Å². The monoisotopic (exact) mass is 511 g/mol. The number of nitrogens with one attached hydrogen (secondary N) is 2. The fraction of sp³-hybridized carbons (Fsp3) is 0.333. The van der Waals surface area contributed by atoms with Gasteiger partial charge in [-0.1, -0.05) is 0 Å². The van der Waals surface area contributed by atoms with Crippen molar-refractivity contribution in [1.82, 2.24) is 15.3 Å². The predicted molar refractivity (Wildman–Crippen MR) is 122 cm³/mol. The molecule has 3 aromatic rings. The molecule has 0 saturated carbocycles. The summed E-state index contributed by atoms with van der Waals surface area (Å²) in [6, 6.07) is 4.86. The maximum absolute atomic E-state index is 12.7. The van der Waals surface area contributed by atoms with Gasteiger partial charge in [0, 0.05) is 31.1 Å². The summed E-state index contributed by atoms with van der Waals surface area (Å²) in [5.41, 5.74) is 1.08. The number of carbonyl (C=O) groups is 2. The van der Waals surface area contributed by atoms with E-state index < -0.39 is 11.7 Å². The van der Waals surface area contributed by atoms with Crippen LogP contribution in [-0.4, -0.2) is 40.0 Å². The van der Waals surface area contributed by atoms with Gasteiger partial charge in [0.25, 0.3) is 0 Å². The van der Waals surface area contributed by atoms with Crippen molar-refractivity contribution in [3.63, 3.8) is 0 Å². The third kappa shape index (κ3) is 5.37. The van der Waals surface area contributed by atoms with Crippen LogP contribution in [0.15, 0.2) is 29.6 Å². The number of hydrogen-bond acceptors (Lipinski definition) is 8. The van der Waals surface area contributed by atoms with Gasteiger partial charge in [-0.25, -0.2) is 9.97 Å². The zero-order valence-electron chi connectivity index (χ0n) is 17.8. The molecular formula is C21H20F3N5O3S2. The first-order valence-electron chi connectivity index (χ1n) is 10.2. The summed E-state index contributed by atoms with van der Waals surface area (Å²) >= 11 is 2.50. The summed E-state index contributed by atoms with van der Waals surface area (Å²) in [5, 5.41) is 17.5. The van der Waals surface area contributed by atoms with Crippen LogP contribution in [-0.2, 0) is 28.9 Å². The highest BCUT2D eigenvalue weighted by Gasteiger charge is 2.34. The molecule has 0 unspecified atom stereocenters. The zero-order chi connectivity index (χ0) is 24.5. The number of aliphatic hydroxyl groups is 1. The van der Waals surface area contributed by atoms with Crippen molar-refractivity contribution < 1.29 is 27.9 Å². The Labute approximate surface area is 200 Å². The normalized spacial score (nSPS) is 14.1. The van der Waals surface area contributed by atoms with Gasteiger partial charge in [0.2, 0.25) is 11.8 Å². The lowest BCUT2D eigenvalue weighted by Crippen LogP contribution is -2.52. The fourth-order valence-corrected chi connectivity index (χ4v) is 5.04. The van der Waals surface area contributed by atoms with Crippen molar-refractivity contribution in [2.24, 2.45) is 5.92 Å². The van der Waals surface area contributed by atoms with E-state index in [0.29, 0.717) is 45.2 Å². The number of benzene rings is 1. The predicted octanol–water partition coefficient (Wildman–Crippen LogP) is 3.49. The number of amides is 2. The highest BCUT2D eigenvalue weighted by Crippen LogP contribution is 2.34. The minimum atomic E-state index is -4.38. The number of nitrogens with zero attached hydrogens (tertiary/aromatic N) is 3. The van der Waals surface area contributed by atoms with Crippen LogP contribution in [0.25, 0.3) is 10.6 Å². The largest absolute Gasteiger partial charge is 0.416 e. The van der Waals surface area contributed by atoms with Gasteiger partial charge in [0.1, 0.15) is 5.01 Å². The molecule has 0 spiro atoms. The smallest absolute Gasteiger partial charge is 0.389 e. The minimum absolute atomic E-state index is 0.197. The Balaban J connectivity index is 1.36. The molecule has 1 aliphatic rings. The molecule has 180 valence electrons. The molecule has 34 heavy (non-hydrogen) atoms. The van der Waals surface area contributed by atoms with E-state index in [1.165, 1.54) is 41.7 Å². The third-order valence-corrected chi connectivity index (χ3v) is 7.02. The zero-order valence-corrected chi connectivity index (χ0v) is 19.5. The Morgan fingerprint density at radius 1 is 1.21 bits per heavy atom. The van der Waals surface area contributed by atoms with Gasteiger partial charge in [-0.2, -0.15) is 13.2 Å². The molecule has 1 aromatic carbocycles. The van der Waals surface area contributed by atoms with Gasteiger partial charge in [-0.3, -0.25) is 9.59 Å². The second kappa shape index (κ2) is 9.68. The van der Waals surface area contributed by atoms with Crippen LogP contribution < -0.4 is 15.5 Å². The van der Waals surface area contributed by atoms with Crippen molar-refractivity contribution in [2.75, 3.05) is 23.3 Å². The molecular weight excluding hydrogens is 491 g/mol. The fourth-order valence-electron chi connectivity index (χ4n) is 3.36. The van der Waals surface area contributed by atoms with E-state index in [-0.39, 0.29) is 30.9 Å². The SMILES string of the molecule is CC(=O)NCc1nc(CO)sc1-c1csc(NC(=O)C2CN(c3ccc(C(F)(F)F)cc3)C2)n1.